The zero-order valence-electron chi connectivity index (χ0n) is 28.0. The molecule has 1 aromatic rings. The summed E-state index contributed by atoms with van der Waals surface area (Å²) in [6.07, 6.45) is 11.9. The van der Waals surface area contributed by atoms with Crippen molar-refractivity contribution in [3.63, 3.8) is 0 Å². The van der Waals surface area contributed by atoms with Crippen LogP contribution in [0.1, 0.15) is 98.0 Å². The lowest BCUT2D eigenvalue weighted by molar-refractivity contribution is -0.241. The second-order valence-electron chi connectivity index (χ2n) is 16.8. The van der Waals surface area contributed by atoms with Gasteiger partial charge in [0.25, 0.3) is 0 Å². The summed E-state index contributed by atoms with van der Waals surface area (Å²) in [7, 11) is 1.46. The number of aliphatic hydroxyl groups excluding tert-OH is 3. The van der Waals surface area contributed by atoms with E-state index < -0.39 is 23.6 Å². The summed E-state index contributed by atoms with van der Waals surface area (Å²) in [5, 5.41) is 44.4. The number of aliphatic hydroxyl groups is 3. The van der Waals surface area contributed by atoms with E-state index in [1.54, 1.807) is 18.2 Å². The van der Waals surface area contributed by atoms with Gasteiger partial charge in [0.15, 0.2) is 11.5 Å². The van der Waals surface area contributed by atoms with Crippen LogP contribution >= 0.6 is 0 Å². The molecule has 45 heavy (non-hydrogen) atoms. The minimum atomic E-state index is -0.914. The fraction of sp³-hybridized carbons (Fsp3) is 0.711. The number of fused-ring (bicyclic) bond motifs is 5. The molecule has 10 atom stereocenters. The molecule has 0 bridgehead atoms. The number of allylic oxidation sites excluding steroid dienone is 1. The number of phenols is 1. The monoisotopic (exact) mass is 622 g/mol. The number of carbonyl (C=O) groups excluding carboxylic acids is 1. The van der Waals surface area contributed by atoms with Crippen LogP contribution in [0.5, 0.6) is 11.5 Å². The Labute approximate surface area is 268 Å². The van der Waals surface area contributed by atoms with Gasteiger partial charge in [-0.1, -0.05) is 46.8 Å². The van der Waals surface area contributed by atoms with Gasteiger partial charge < -0.3 is 29.9 Å². The molecule has 4 saturated carbocycles. The van der Waals surface area contributed by atoms with Crippen molar-refractivity contribution in [3.8, 4) is 11.5 Å². The van der Waals surface area contributed by atoms with Gasteiger partial charge in [0.1, 0.15) is 6.10 Å². The summed E-state index contributed by atoms with van der Waals surface area (Å²) in [5.41, 5.74) is 1.15. The number of hydrogen-bond acceptors (Lipinski definition) is 7. The smallest absolute Gasteiger partial charge is 0.331 e. The second kappa shape index (κ2) is 11.1. The highest BCUT2D eigenvalue weighted by Gasteiger charge is 2.67. The molecule has 7 heteroatoms. The molecule has 0 unspecified atom stereocenters. The van der Waals surface area contributed by atoms with Crippen molar-refractivity contribution in [1.29, 1.82) is 0 Å². The number of benzene rings is 1. The first kappa shape index (κ1) is 32.6. The third kappa shape index (κ3) is 5.07. The van der Waals surface area contributed by atoms with Crippen LogP contribution in [-0.2, 0) is 9.53 Å². The maximum absolute atomic E-state index is 13.1. The van der Waals surface area contributed by atoms with Gasteiger partial charge in [-0.15, -0.1) is 0 Å². The predicted molar refractivity (Wildman–Crippen MR) is 173 cm³/mol. The molecule has 0 radical (unpaired) electrons. The van der Waals surface area contributed by atoms with Gasteiger partial charge in [-0.05, 0) is 121 Å². The molecule has 248 valence electrons. The summed E-state index contributed by atoms with van der Waals surface area (Å²) in [6, 6.07) is 4.80. The number of aromatic hydroxyl groups is 1. The van der Waals surface area contributed by atoms with Crippen LogP contribution in [0.15, 0.2) is 35.9 Å². The molecule has 1 aromatic carbocycles. The number of phenolic OH excluding ortho intramolecular Hbond substituents is 1. The molecule has 4 fully saturated rings. The lowest BCUT2D eigenvalue weighted by atomic mass is 9.37. The first-order valence-electron chi connectivity index (χ1n) is 17.1. The standard InChI is InChI=1S/C38H54O7/c1-34(2)17-18-38(21-34)16-13-25-24(32(38)43)9-11-29-35(25,3)15-14-30-36(29,4)20-27(41)33(37(30,5)22-39)45-31(42)12-8-23-7-10-26(40)28(19-23)44-6/h7-10,12,19,25,27,29-30,32-33,39-41,43H,11,13-18,20-22H2,1-6H3/t25-,27-,29+,30-,32-,33+,35+,36-,37+,38-/m1/s1. The summed E-state index contributed by atoms with van der Waals surface area (Å²) < 4.78 is 11.1. The van der Waals surface area contributed by atoms with Crippen molar-refractivity contribution in [1.82, 2.24) is 0 Å². The number of rotatable bonds is 5. The molecule has 1 spiro atoms. The van der Waals surface area contributed by atoms with Crippen molar-refractivity contribution in [2.24, 2.45) is 44.8 Å². The van der Waals surface area contributed by atoms with Crippen LogP contribution in [0.2, 0.25) is 0 Å². The summed E-state index contributed by atoms with van der Waals surface area (Å²) in [5.74, 6) is 0.416. The molecular weight excluding hydrogens is 568 g/mol. The van der Waals surface area contributed by atoms with Crippen LogP contribution in [0.25, 0.3) is 6.08 Å². The van der Waals surface area contributed by atoms with E-state index >= 15 is 0 Å². The Kier molecular flexibility index (Phi) is 8.06. The Morgan fingerprint density at radius 1 is 1.00 bits per heavy atom. The zero-order chi connectivity index (χ0) is 32.6. The van der Waals surface area contributed by atoms with Gasteiger partial charge in [-0.3, -0.25) is 0 Å². The lowest BCUT2D eigenvalue weighted by Gasteiger charge is -2.68. The highest BCUT2D eigenvalue weighted by atomic mass is 16.6. The number of carbonyl (C=O) groups is 1. The van der Waals surface area contributed by atoms with Gasteiger partial charge in [0, 0.05) is 16.9 Å². The third-order valence-electron chi connectivity index (χ3n) is 13.7. The molecule has 0 aromatic heterocycles. The molecule has 0 saturated heterocycles. The molecule has 6 rings (SSSR count). The summed E-state index contributed by atoms with van der Waals surface area (Å²) in [4.78, 5) is 13.1. The number of hydrogen-bond donors (Lipinski definition) is 4. The quantitative estimate of drug-likeness (QED) is 0.170. The number of methoxy groups -OCH3 is 1. The van der Waals surface area contributed by atoms with Crippen LogP contribution in [0.4, 0.5) is 0 Å². The van der Waals surface area contributed by atoms with Crippen LogP contribution in [0.3, 0.4) is 0 Å². The number of ether oxygens (including phenoxy) is 2. The van der Waals surface area contributed by atoms with E-state index in [1.165, 1.54) is 31.2 Å². The van der Waals surface area contributed by atoms with Crippen molar-refractivity contribution >= 4 is 12.0 Å². The van der Waals surface area contributed by atoms with Crippen LogP contribution in [0, 0.1) is 44.8 Å². The Morgan fingerprint density at radius 3 is 2.42 bits per heavy atom. The second-order valence-corrected chi connectivity index (χ2v) is 16.8. The van der Waals surface area contributed by atoms with E-state index in [2.05, 4.69) is 33.8 Å². The van der Waals surface area contributed by atoms with E-state index in [0.29, 0.717) is 29.6 Å². The van der Waals surface area contributed by atoms with Gasteiger partial charge >= 0.3 is 5.97 Å². The molecule has 5 aliphatic rings. The van der Waals surface area contributed by atoms with Crippen molar-refractivity contribution in [2.75, 3.05) is 13.7 Å². The average molecular weight is 623 g/mol. The van der Waals surface area contributed by atoms with E-state index in [4.69, 9.17) is 9.47 Å². The fourth-order valence-corrected chi connectivity index (χ4v) is 11.7. The molecule has 5 aliphatic carbocycles. The lowest BCUT2D eigenvalue weighted by Crippen LogP contribution is -2.67. The normalized spacial score (nSPS) is 43.7. The fourth-order valence-electron chi connectivity index (χ4n) is 11.7. The Bertz CT molecular complexity index is 1380. The Balaban J connectivity index is 1.23. The van der Waals surface area contributed by atoms with Gasteiger partial charge in [-0.2, -0.15) is 0 Å². The molecule has 4 N–H and O–H groups in total. The third-order valence-corrected chi connectivity index (χ3v) is 13.7. The average Bonchev–Trinajstić information content (AvgIpc) is 3.31. The Morgan fingerprint density at radius 2 is 1.76 bits per heavy atom. The summed E-state index contributed by atoms with van der Waals surface area (Å²) >= 11 is 0. The maximum Gasteiger partial charge on any atom is 0.331 e. The van der Waals surface area contributed by atoms with Gasteiger partial charge in [0.2, 0.25) is 0 Å². The maximum atomic E-state index is 13.1. The van der Waals surface area contributed by atoms with E-state index in [0.717, 1.165) is 44.9 Å². The largest absolute Gasteiger partial charge is 0.504 e. The van der Waals surface area contributed by atoms with Crippen molar-refractivity contribution < 1.29 is 34.7 Å². The SMILES string of the molecule is COc1cc(C=CC(=O)O[C@H]2[C@H](O)C[C@@]3(C)[C@@H](CC[C@]4(C)[C@@H]3CC=C3[C@@H](O)[C@]5(CC[C@H]34)CCC(C)(C)C5)[C@]2(C)CO)ccc1O. The van der Waals surface area contributed by atoms with E-state index in [9.17, 15) is 25.2 Å². The van der Waals surface area contributed by atoms with Gasteiger partial charge in [-0.25, -0.2) is 4.79 Å². The first-order valence-corrected chi connectivity index (χ1v) is 17.1. The van der Waals surface area contributed by atoms with Crippen LogP contribution < -0.4 is 4.74 Å². The van der Waals surface area contributed by atoms with Crippen molar-refractivity contribution in [3.05, 3.63) is 41.5 Å². The van der Waals surface area contributed by atoms with Crippen LogP contribution in [-0.4, -0.2) is 58.4 Å². The van der Waals surface area contributed by atoms with E-state index in [-0.39, 0.29) is 46.0 Å². The van der Waals surface area contributed by atoms with Crippen molar-refractivity contribution in [2.45, 2.75) is 111 Å². The highest BCUT2D eigenvalue weighted by Crippen LogP contribution is 2.71. The first-order chi connectivity index (χ1) is 21.1. The van der Waals surface area contributed by atoms with E-state index in [1.807, 2.05) is 6.92 Å². The molecular formula is C38H54O7. The predicted octanol–water partition coefficient (Wildman–Crippen LogP) is 6.43. The number of esters is 1. The molecule has 0 amide bonds. The molecule has 0 heterocycles. The summed E-state index contributed by atoms with van der Waals surface area (Å²) in [6.45, 7) is 11.2. The van der Waals surface area contributed by atoms with Gasteiger partial charge in [0.05, 0.1) is 25.9 Å². The Hall–Kier alpha value is -2.35. The molecule has 7 nitrogen and oxygen atoms in total. The minimum absolute atomic E-state index is 0.000440. The zero-order valence-corrected chi connectivity index (χ0v) is 28.0. The highest BCUT2D eigenvalue weighted by molar-refractivity contribution is 5.87. The molecule has 0 aliphatic heterocycles. The topological polar surface area (TPSA) is 116 Å². The minimum Gasteiger partial charge on any atom is -0.504 e.